The van der Waals surface area contributed by atoms with Crippen LogP contribution in [0.2, 0.25) is 0 Å². The molecule has 0 aromatic heterocycles. The van der Waals surface area contributed by atoms with Crippen LogP contribution in [0.1, 0.15) is 22.3 Å². The van der Waals surface area contributed by atoms with Crippen molar-refractivity contribution in [2.45, 2.75) is 26.7 Å². The summed E-state index contributed by atoms with van der Waals surface area (Å²) in [4.78, 5) is 14.3. The summed E-state index contributed by atoms with van der Waals surface area (Å²) in [5.74, 6) is -0.968. The first-order chi connectivity index (χ1) is 14.5. The molecular formula is C23H20F2N2O3. The van der Waals surface area contributed by atoms with Gasteiger partial charge in [-0.25, -0.2) is 13.6 Å². The standard InChI is InChI=1S/C23H20F2N2O3/c1-14-8-9-16(30-13-18-19(24)5-3-6-20(18)25)10-22(14)27-11-17-15(12-28)4-2-7-21(17)26-23(27)29/h2-10,28H,11-13H2,1H3,(H,26,29). The molecule has 7 heteroatoms. The van der Waals surface area contributed by atoms with Gasteiger partial charge in [0.1, 0.15) is 24.0 Å². The molecule has 1 heterocycles. The number of aliphatic hydroxyl groups excluding tert-OH is 1. The van der Waals surface area contributed by atoms with Gasteiger partial charge in [-0.05, 0) is 42.3 Å². The molecule has 0 bridgehead atoms. The lowest BCUT2D eigenvalue weighted by Gasteiger charge is -2.31. The number of carbonyl (C=O) groups excluding carboxylic acids is 1. The predicted octanol–water partition coefficient (Wildman–Crippen LogP) is 4.90. The first-order valence-electron chi connectivity index (χ1n) is 9.44. The minimum atomic E-state index is -0.675. The Hall–Kier alpha value is -3.45. The first-order valence-corrected chi connectivity index (χ1v) is 9.44. The number of hydrogen-bond donors (Lipinski definition) is 2. The normalized spacial score (nSPS) is 13.1. The van der Waals surface area contributed by atoms with Gasteiger partial charge in [0.2, 0.25) is 0 Å². The molecule has 0 saturated carbocycles. The van der Waals surface area contributed by atoms with Crippen molar-refractivity contribution in [2.75, 3.05) is 10.2 Å². The van der Waals surface area contributed by atoms with E-state index >= 15 is 0 Å². The van der Waals surface area contributed by atoms with Gasteiger partial charge in [-0.1, -0.05) is 24.3 Å². The van der Waals surface area contributed by atoms with Crippen LogP contribution in [0.4, 0.5) is 25.0 Å². The predicted molar refractivity (Wildman–Crippen MR) is 109 cm³/mol. The number of amides is 2. The monoisotopic (exact) mass is 410 g/mol. The fraction of sp³-hybridized carbons (Fsp3) is 0.174. The van der Waals surface area contributed by atoms with Crippen LogP contribution < -0.4 is 15.0 Å². The van der Waals surface area contributed by atoms with Crippen LogP contribution in [0.3, 0.4) is 0 Å². The molecule has 3 aromatic carbocycles. The second-order valence-corrected chi connectivity index (χ2v) is 7.05. The Kier molecular flexibility index (Phi) is 5.37. The Morgan fingerprint density at radius 3 is 2.57 bits per heavy atom. The van der Waals surface area contributed by atoms with Crippen LogP contribution in [0, 0.1) is 18.6 Å². The van der Waals surface area contributed by atoms with Crippen LogP contribution in [0.5, 0.6) is 5.75 Å². The van der Waals surface area contributed by atoms with E-state index in [1.165, 1.54) is 18.2 Å². The van der Waals surface area contributed by atoms with Crippen LogP contribution in [0.25, 0.3) is 0 Å². The van der Waals surface area contributed by atoms with Crippen LogP contribution in [-0.4, -0.2) is 11.1 Å². The summed E-state index contributed by atoms with van der Waals surface area (Å²) in [5.41, 5.74) is 3.52. The smallest absolute Gasteiger partial charge is 0.326 e. The number of aryl methyl sites for hydroxylation is 1. The van der Waals surface area contributed by atoms with Crippen LogP contribution >= 0.6 is 0 Å². The number of hydrogen-bond acceptors (Lipinski definition) is 3. The number of nitrogens with zero attached hydrogens (tertiary/aromatic N) is 1. The first kappa shape index (κ1) is 19.8. The third-order valence-corrected chi connectivity index (χ3v) is 5.16. The zero-order chi connectivity index (χ0) is 21.3. The summed E-state index contributed by atoms with van der Waals surface area (Å²) in [6.07, 6.45) is 0. The average molecular weight is 410 g/mol. The third-order valence-electron chi connectivity index (χ3n) is 5.16. The molecule has 154 valence electrons. The maximum absolute atomic E-state index is 13.8. The van der Waals surface area contributed by atoms with Gasteiger partial charge in [-0.15, -0.1) is 0 Å². The van der Waals surface area contributed by atoms with E-state index in [4.69, 9.17) is 4.74 Å². The van der Waals surface area contributed by atoms with E-state index in [9.17, 15) is 18.7 Å². The van der Waals surface area contributed by atoms with Gasteiger partial charge in [0.25, 0.3) is 0 Å². The topological polar surface area (TPSA) is 61.8 Å². The van der Waals surface area contributed by atoms with Gasteiger partial charge in [-0.3, -0.25) is 4.90 Å². The molecule has 0 spiro atoms. The number of rotatable bonds is 5. The number of fused-ring (bicyclic) bond motifs is 1. The summed E-state index contributed by atoms with van der Waals surface area (Å²) >= 11 is 0. The number of benzene rings is 3. The minimum Gasteiger partial charge on any atom is -0.489 e. The van der Waals surface area contributed by atoms with Gasteiger partial charge in [0.15, 0.2) is 0 Å². The third kappa shape index (κ3) is 3.71. The molecule has 2 amide bonds. The number of urea groups is 1. The van der Waals surface area contributed by atoms with Crippen LogP contribution in [-0.2, 0) is 19.8 Å². The molecular weight excluding hydrogens is 390 g/mol. The van der Waals surface area contributed by atoms with Crippen molar-refractivity contribution in [1.82, 2.24) is 0 Å². The van der Waals surface area contributed by atoms with Gasteiger partial charge >= 0.3 is 6.03 Å². The van der Waals surface area contributed by atoms with E-state index < -0.39 is 11.6 Å². The molecule has 0 aliphatic carbocycles. The van der Waals surface area contributed by atoms with Crippen molar-refractivity contribution in [2.24, 2.45) is 0 Å². The molecule has 0 saturated heterocycles. The minimum absolute atomic E-state index is 0.136. The van der Waals surface area contributed by atoms with E-state index in [1.54, 1.807) is 35.2 Å². The Morgan fingerprint density at radius 1 is 1.10 bits per heavy atom. The summed E-state index contributed by atoms with van der Waals surface area (Å²) in [7, 11) is 0. The molecule has 2 N–H and O–H groups in total. The molecule has 0 unspecified atom stereocenters. The Labute approximate surface area is 172 Å². The molecule has 0 atom stereocenters. The van der Waals surface area contributed by atoms with Crippen LogP contribution in [0.15, 0.2) is 54.6 Å². The number of nitrogens with one attached hydrogen (secondary N) is 1. The highest BCUT2D eigenvalue weighted by Crippen LogP contribution is 2.33. The van der Waals surface area contributed by atoms with Crippen molar-refractivity contribution in [3.63, 3.8) is 0 Å². The molecule has 5 nitrogen and oxygen atoms in total. The summed E-state index contributed by atoms with van der Waals surface area (Å²) in [6, 6.07) is 13.9. The van der Waals surface area contributed by atoms with E-state index in [0.717, 1.165) is 16.7 Å². The SMILES string of the molecule is Cc1ccc(OCc2c(F)cccc2F)cc1N1Cc2c(CO)cccc2NC1=O. The van der Waals surface area contributed by atoms with Crippen molar-refractivity contribution in [1.29, 1.82) is 0 Å². The highest BCUT2D eigenvalue weighted by molar-refractivity contribution is 6.05. The van der Waals surface area contributed by atoms with E-state index in [2.05, 4.69) is 5.32 Å². The highest BCUT2D eigenvalue weighted by Gasteiger charge is 2.27. The number of halogens is 2. The molecule has 1 aliphatic rings. The van der Waals surface area contributed by atoms with Gasteiger partial charge in [-0.2, -0.15) is 0 Å². The van der Waals surface area contributed by atoms with Crippen molar-refractivity contribution in [3.05, 3.63) is 88.5 Å². The maximum Gasteiger partial charge on any atom is 0.326 e. The zero-order valence-electron chi connectivity index (χ0n) is 16.3. The van der Waals surface area contributed by atoms with Gasteiger partial charge < -0.3 is 15.2 Å². The fourth-order valence-electron chi connectivity index (χ4n) is 3.49. The molecule has 30 heavy (non-hydrogen) atoms. The highest BCUT2D eigenvalue weighted by atomic mass is 19.1. The van der Waals surface area contributed by atoms with E-state index in [0.29, 0.717) is 17.1 Å². The molecule has 4 rings (SSSR count). The Bertz CT molecular complexity index is 1100. The number of ether oxygens (including phenoxy) is 1. The van der Waals surface area contributed by atoms with Crippen molar-refractivity contribution >= 4 is 17.4 Å². The fourth-order valence-corrected chi connectivity index (χ4v) is 3.49. The molecule has 0 radical (unpaired) electrons. The molecule has 0 fully saturated rings. The zero-order valence-corrected chi connectivity index (χ0v) is 16.3. The maximum atomic E-state index is 13.8. The van der Waals surface area contributed by atoms with Crippen molar-refractivity contribution in [3.8, 4) is 5.75 Å². The molecule has 1 aliphatic heterocycles. The number of anilines is 2. The lowest BCUT2D eigenvalue weighted by Crippen LogP contribution is -2.39. The lowest BCUT2D eigenvalue weighted by molar-refractivity contribution is 0.255. The lowest BCUT2D eigenvalue weighted by atomic mass is 10.0. The van der Waals surface area contributed by atoms with E-state index in [-0.39, 0.29) is 31.4 Å². The largest absolute Gasteiger partial charge is 0.489 e. The number of carbonyl (C=O) groups is 1. The average Bonchev–Trinajstić information content (AvgIpc) is 2.73. The van der Waals surface area contributed by atoms with Crippen molar-refractivity contribution < 1.29 is 23.4 Å². The summed E-state index contributed by atoms with van der Waals surface area (Å²) < 4.78 is 33.3. The number of aliphatic hydroxyl groups is 1. The van der Waals surface area contributed by atoms with Gasteiger partial charge in [0, 0.05) is 17.3 Å². The quantitative estimate of drug-likeness (QED) is 0.629. The summed E-state index contributed by atoms with van der Waals surface area (Å²) in [5, 5.41) is 12.5. The van der Waals surface area contributed by atoms with Gasteiger partial charge in [0.05, 0.1) is 24.4 Å². The van der Waals surface area contributed by atoms with E-state index in [1.807, 2.05) is 13.0 Å². The Balaban J connectivity index is 1.61. The second-order valence-electron chi connectivity index (χ2n) is 7.05. The summed E-state index contributed by atoms with van der Waals surface area (Å²) in [6.45, 7) is 1.73. The molecule has 3 aromatic rings. The second kappa shape index (κ2) is 8.12. The Morgan fingerprint density at radius 2 is 1.83 bits per heavy atom.